The fourth-order valence-electron chi connectivity index (χ4n) is 1.45. The number of carbonyl (C=O) groups is 2. The minimum Gasteiger partial charge on any atom is -0.354 e. The predicted molar refractivity (Wildman–Crippen MR) is 73.0 cm³/mol. The highest BCUT2D eigenvalue weighted by molar-refractivity contribution is 9.10. The number of amides is 3. The zero-order valence-corrected chi connectivity index (χ0v) is 11.7. The van der Waals surface area contributed by atoms with E-state index in [4.69, 9.17) is 5.73 Å². The molecule has 0 saturated heterocycles. The summed E-state index contributed by atoms with van der Waals surface area (Å²) >= 11 is 3.44. The highest BCUT2D eigenvalue weighted by Gasteiger charge is 2.13. The van der Waals surface area contributed by atoms with Crippen LogP contribution in [0.25, 0.3) is 0 Å². The molecule has 6 heteroatoms. The summed E-state index contributed by atoms with van der Waals surface area (Å²) in [5.74, 6) is -0.249. The minimum absolute atomic E-state index is 0.249. The summed E-state index contributed by atoms with van der Waals surface area (Å²) in [5.41, 5.74) is 6.05. The number of carbonyl (C=O) groups excluding carboxylic acids is 2. The van der Waals surface area contributed by atoms with Crippen molar-refractivity contribution in [2.45, 2.75) is 19.4 Å². The summed E-state index contributed by atoms with van der Waals surface area (Å²) in [5, 5.41) is 5.05. The smallest absolute Gasteiger partial charge is 0.312 e. The number of primary amides is 1. The van der Waals surface area contributed by atoms with Crippen molar-refractivity contribution in [2.24, 2.45) is 5.73 Å². The van der Waals surface area contributed by atoms with Gasteiger partial charge in [0.05, 0.1) is 0 Å². The van der Waals surface area contributed by atoms with Crippen molar-refractivity contribution >= 4 is 27.9 Å². The summed E-state index contributed by atoms with van der Waals surface area (Å²) in [6, 6.07) is 6.49. The van der Waals surface area contributed by atoms with Gasteiger partial charge in [0.15, 0.2) is 0 Å². The second-order valence-corrected chi connectivity index (χ2v) is 4.72. The van der Waals surface area contributed by atoms with Gasteiger partial charge in [0.1, 0.15) is 6.04 Å². The van der Waals surface area contributed by atoms with Crippen LogP contribution >= 0.6 is 15.9 Å². The van der Waals surface area contributed by atoms with Gasteiger partial charge in [-0.05, 0) is 25.0 Å². The topological polar surface area (TPSA) is 84.2 Å². The van der Waals surface area contributed by atoms with Crippen LogP contribution in [0.3, 0.4) is 0 Å². The number of nitrogens with one attached hydrogen (secondary N) is 2. The Kier molecular flexibility index (Phi) is 5.64. The molecule has 0 fully saturated rings. The molecule has 0 unspecified atom stereocenters. The maximum Gasteiger partial charge on any atom is 0.312 e. The van der Waals surface area contributed by atoms with E-state index in [0.29, 0.717) is 6.54 Å². The van der Waals surface area contributed by atoms with Gasteiger partial charge < -0.3 is 16.4 Å². The van der Waals surface area contributed by atoms with Crippen LogP contribution in [0, 0.1) is 0 Å². The van der Waals surface area contributed by atoms with Crippen LogP contribution in [0.5, 0.6) is 0 Å². The highest BCUT2D eigenvalue weighted by Crippen LogP contribution is 2.15. The van der Waals surface area contributed by atoms with Crippen LogP contribution in [0.2, 0.25) is 0 Å². The van der Waals surface area contributed by atoms with E-state index < -0.39 is 12.1 Å². The van der Waals surface area contributed by atoms with E-state index in [0.717, 1.165) is 16.5 Å². The Morgan fingerprint density at radius 1 is 1.39 bits per heavy atom. The third kappa shape index (κ3) is 4.75. The van der Waals surface area contributed by atoms with E-state index in [1.807, 2.05) is 24.3 Å². The number of hydrogen-bond acceptors (Lipinski definition) is 2. The molecule has 3 amide bonds. The summed E-state index contributed by atoms with van der Waals surface area (Å²) in [4.78, 5) is 22.1. The van der Waals surface area contributed by atoms with Gasteiger partial charge in [-0.15, -0.1) is 0 Å². The zero-order valence-electron chi connectivity index (χ0n) is 10.1. The van der Waals surface area contributed by atoms with E-state index in [2.05, 4.69) is 26.6 Å². The van der Waals surface area contributed by atoms with E-state index in [-0.39, 0.29) is 5.91 Å². The standard InChI is InChI=1S/C12H16BrN3O2/c1-8(16-12(14)18)11(17)15-7-6-9-4-2-3-5-10(9)13/h2-5,8H,6-7H2,1H3,(H,15,17)(H3,14,16,18)/t8-/m0/s1. The molecular weight excluding hydrogens is 298 g/mol. The Morgan fingerprint density at radius 2 is 2.06 bits per heavy atom. The van der Waals surface area contributed by atoms with Crippen LogP contribution in [-0.2, 0) is 11.2 Å². The first kappa shape index (κ1) is 14.5. The average molecular weight is 314 g/mol. The van der Waals surface area contributed by atoms with Gasteiger partial charge in [-0.1, -0.05) is 34.1 Å². The van der Waals surface area contributed by atoms with E-state index >= 15 is 0 Å². The van der Waals surface area contributed by atoms with Crippen molar-refractivity contribution in [2.75, 3.05) is 6.54 Å². The Balaban J connectivity index is 2.36. The first-order chi connectivity index (χ1) is 8.50. The molecule has 98 valence electrons. The molecule has 0 radical (unpaired) electrons. The van der Waals surface area contributed by atoms with Gasteiger partial charge >= 0.3 is 6.03 Å². The normalized spacial score (nSPS) is 11.7. The minimum atomic E-state index is -0.705. The summed E-state index contributed by atoms with van der Waals surface area (Å²) in [6.07, 6.45) is 0.719. The van der Waals surface area contributed by atoms with Gasteiger partial charge in [-0.3, -0.25) is 4.79 Å². The largest absolute Gasteiger partial charge is 0.354 e. The molecule has 0 spiro atoms. The summed E-state index contributed by atoms with van der Waals surface area (Å²) < 4.78 is 1.02. The Hall–Kier alpha value is -1.56. The number of halogens is 1. The Bertz CT molecular complexity index is 437. The molecule has 0 bridgehead atoms. The predicted octanol–water partition coefficient (Wildman–Crippen LogP) is 1.16. The first-order valence-corrected chi connectivity index (χ1v) is 6.37. The van der Waals surface area contributed by atoms with Crippen molar-refractivity contribution in [1.82, 2.24) is 10.6 Å². The Labute approximate surface area is 114 Å². The molecule has 1 rings (SSSR count). The molecule has 4 N–H and O–H groups in total. The van der Waals surface area contributed by atoms with Crippen LogP contribution in [0.4, 0.5) is 4.79 Å². The molecule has 1 atom stereocenters. The number of nitrogens with two attached hydrogens (primary N) is 1. The van der Waals surface area contributed by atoms with Gasteiger partial charge in [0.2, 0.25) is 5.91 Å². The van der Waals surface area contributed by atoms with Crippen molar-refractivity contribution in [3.05, 3.63) is 34.3 Å². The number of urea groups is 1. The van der Waals surface area contributed by atoms with Crippen molar-refractivity contribution in [3.8, 4) is 0 Å². The summed E-state index contributed by atoms with van der Waals surface area (Å²) in [7, 11) is 0. The number of rotatable bonds is 5. The fourth-order valence-corrected chi connectivity index (χ4v) is 1.94. The molecule has 0 aliphatic rings. The lowest BCUT2D eigenvalue weighted by Gasteiger charge is -2.12. The van der Waals surface area contributed by atoms with E-state index in [1.165, 1.54) is 0 Å². The molecule has 0 heterocycles. The quantitative estimate of drug-likeness (QED) is 0.762. The molecule has 0 aromatic heterocycles. The molecular formula is C12H16BrN3O2. The van der Waals surface area contributed by atoms with E-state index in [1.54, 1.807) is 6.92 Å². The molecule has 1 aromatic carbocycles. The molecule has 5 nitrogen and oxygen atoms in total. The lowest BCUT2D eigenvalue weighted by molar-refractivity contribution is -0.122. The maximum atomic E-state index is 11.6. The molecule has 0 saturated carbocycles. The SMILES string of the molecule is C[C@H](NC(N)=O)C(=O)NCCc1ccccc1Br. The summed E-state index contributed by atoms with van der Waals surface area (Å²) in [6.45, 7) is 2.09. The van der Waals surface area contributed by atoms with Crippen molar-refractivity contribution in [1.29, 1.82) is 0 Å². The van der Waals surface area contributed by atoms with Crippen LogP contribution in [0.1, 0.15) is 12.5 Å². The van der Waals surface area contributed by atoms with Crippen molar-refractivity contribution in [3.63, 3.8) is 0 Å². The second-order valence-electron chi connectivity index (χ2n) is 3.86. The lowest BCUT2D eigenvalue weighted by Crippen LogP contribution is -2.47. The second kappa shape index (κ2) is 7.00. The Morgan fingerprint density at radius 3 is 2.67 bits per heavy atom. The van der Waals surface area contributed by atoms with Gasteiger partial charge in [0, 0.05) is 11.0 Å². The van der Waals surface area contributed by atoms with Crippen molar-refractivity contribution < 1.29 is 9.59 Å². The highest BCUT2D eigenvalue weighted by atomic mass is 79.9. The zero-order chi connectivity index (χ0) is 13.5. The third-order valence-electron chi connectivity index (χ3n) is 2.40. The monoisotopic (exact) mass is 313 g/mol. The van der Waals surface area contributed by atoms with Gasteiger partial charge in [-0.25, -0.2) is 4.79 Å². The average Bonchev–Trinajstić information content (AvgIpc) is 2.30. The molecule has 0 aliphatic heterocycles. The van der Waals surface area contributed by atoms with Crippen LogP contribution in [0.15, 0.2) is 28.7 Å². The lowest BCUT2D eigenvalue weighted by atomic mass is 10.1. The van der Waals surface area contributed by atoms with E-state index in [9.17, 15) is 9.59 Å². The van der Waals surface area contributed by atoms with Gasteiger partial charge in [-0.2, -0.15) is 0 Å². The number of benzene rings is 1. The third-order valence-corrected chi connectivity index (χ3v) is 3.18. The number of hydrogen-bond donors (Lipinski definition) is 3. The molecule has 18 heavy (non-hydrogen) atoms. The fraction of sp³-hybridized carbons (Fsp3) is 0.333. The first-order valence-electron chi connectivity index (χ1n) is 5.58. The van der Waals surface area contributed by atoms with Gasteiger partial charge in [0.25, 0.3) is 0 Å². The molecule has 1 aromatic rings. The van der Waals surface area contributed by atoms with Crippen LogP contribution < -0.4 is 16.4 Å². The molecule has 0 aliphatic carbocycles. The van der Waals surface area contributed by atoms with Crippen LogP contribution in [-0.4, -0.2) is 24.5 Å². The maximum absolute atomic E-state index is 11.6.